The quantitative estimate of drug-likeness (QED) is 0.456. The molecule has 0 bridgehead atoms. The molecule has 21 heavy (non-hydrogen) atoms. The first-order valence-corrected chi connectivity index (χ1v) is 8.67. The Balaban J connectivity index is 3.24. The lowest BCUT2D eigenvalue weighted by atomic mass is 10.1. The standard InChI is InChI=1S/C17H35NO3/c1-3-4-5-6-7-8-9-10-11-12-13-21-17(15-19)14-18-16(2)20/h17,19H,3-15H2,1-2H3,(H,18,20)/t17-/m1/s1. The smallest absolute Gasteiger partial charge is 0.216 e. The molecule has 126 valence electrons. The second kappa shape index (κ2) is 15.8. The van der Waals surface area contributed by atoms with Gasteiger partial charge in [-0.2, -0.15) is 0 Å². The number of carbonyl (C=O) groups excluding carboxylic acids is 1. The fraction of sp³-hybridized carbons (Fsp3) is 0.941. The van der Waals surface area contributed by atoms with E-state index in [4.69, 9.17) is 9.84 Å². The molecule has 0 aromatic rings. The molecule has 0 saturated carbocycles. The third-order valence-corrected chi connectivity index (χ3v) is 3.63. The fourth-order valence-electron chi connectivity index (χ4n) is 2.27. The van der Waals surface area contributed by atoms with Crippen LogP contribution in [0.5, 0.6) is 0 Å². The SMILES string of the molecule is CCCCCCCCCCCCO[C@@H](CO)CNC(C)=O. The van der Waals surface area contributed by atoms with Gasteiger partial charge in [0.15, 0.2) is 0 Å². The van der Waals surface area contributed by atoms with Gasteiger partial charge in [0.05, 0.1) is 12.7 Å². The molecule has 0 aliphatic heterocycles. The average molecular weight is 301 g/mol. The van der Waals surface area contributed by atoms with Crippen LogP contribution >= 0.6 is 0 Å². The summed E-state index contributed by atoms with van der Waals surface area (Å²) in [6.45, 7) is 4.74. The van der Waals surface area contributed by atoms with Crippen molar-refractivity contribution in [2.24, 2.45) is 0 Å². The minimum absolute atomic E-state index is 0.0436. The summed E-state index contributed by atoms with van der Waals surface area (Å²) in [6.07, 6.45) is 12.7. The lowest BCUT2D eigenvalue weighted by Crippen LogP contribution is -2.34. The second-order valence-corrected chi connectivity index (χ2v) is 5.79. The number of amides is 1. The number of hydrogen-bond acceptors (Lipinski definition) is 3. The molecule has 4 heteroatoms. The van der Waals surface area contributed by atoms with E-state index in [1.807, 2.05) is 0 Å². The second-order valence-electron chi connectivity index (χ2n) is 5.79. The summed E-state index contributed by atoms with van der Waals surface area (Å²) in [7, 11) is 0. The van der Waals surface area contributed by atoms with Gasteiger partial charge >= 0.3 is 0 Å². The molecular weight excluding hydrogens is 266 g/mol. The largest absolute Gasteiger partial charge is 0.394 e. The summed E-state index contributed by atoms with van der Waals surface area (Å²) < 4.78 is 5.55. The Morgan fingerprint density at radius 1 is 1.00 bits per heavy atom. The molecule has 1 atom stereocenters. The van der Waals surface area contributed by atoms with Gasteiger partial charge in [0.2, 0.25) is 5.91 Å². The van der Waals surface area contributed by atoms with Crippen LogP contribution in [0.2, 0.25) is 0 Å². The van der Waals surface area contributed by atoms with Gasteiger partial charge in [0.25, 0.3) is 0 Å². The zero-order chi connectivity index (χ0) is 15.8. The van der Waals surface area contributed by atoms with E-state index in [2.05, 4.69) is 12.2 Å². The molecule has 0 heterocycles. The molecule has 0 radical (unpaired) electrons. The van der Waals surface area contributed by atoms with Gasteiger partial charge < -0.3 is 15.2 Å². The normalized spacial score (nSPS) is 12.3. The number of aliphatic hydroxyl groups is 1. The van der Waals surface area contributed by atoms with Gasteiger partial charge in [-0.1, -0.05) is 64.7 Å². The number of nitrogens with one attached hydrogen (secondary N) is 1. The van der Waals surface area contributed by atoms with Crippen LogP contribution in [0.25, 0.3) is 0 Å². The molecule has 0 fully saturated rings. The third-order valence-electron chi connectivity index (χ3n) is 3.63. The van der Waals surface area contributed by atoms with Crippen molar-refractivity contribution in [1.82, 2.24) is 5.32 Å². The average Bonchev–Trinajstić information content (AvgIpc) is 2.47. The van der Waals surface area contributed by atoms with Crippen molar-refractivity contribution >= 4 is 5.91 Å². The zero-order valence-electron chi connectivity index (χ0n) is 14.0. The summed E-state index contributed by atoms with van der Waals surface area (Å²) >= 11 is 0. The molecule has 0 saturated heterocycles. The third kappa shape index (κ3) is 15.6. The molecule has 0 unspecified atom stereocenters. The van der Waals surface area contributed by atoms with Gasteiger partial charge in [0, 0.05) is 20.1 Å². The van der Waals surface area contributed by atoms with E-state index in [0.29, 0.717) is 13.2 Å². The van der Waals surface area contributed by atoms with Crippen LogP contribution < -0.4 is 5.32 Å². The van der Waals surface area contributed by atoms with Crippen molar-refractivity contribution in [2.45, 2.75) is 84.2 Å². The first-order valence-electron chi connectivity index (χ1n) is 8.67. The van der Waals surface area contributed by atoms with Gasteiger partial charge in [-0.25, -0.2) is 0 Å². The lowest BCUT2D eigenvalue weighted by molar-refractivity contribution is -0.119. The topological polar surface area (TPSA) is 58.6 Å². The van der Waals surface area contributed by atoms with Crippen molar-refractivity contribution < 1.29 is 14.6 Å². The van der Waals surface area contributed by atoms with Crippen LogP contribution in [-0.4, -0.2) is 36.9 Å². The maximum Gasteiger partial charge on any atom is 0.216 e. The maximum atomic E-state index is 10.8. The highest BCUT2D eigenvalue weighted by atomic mass is 16.5. The van der Waals surface area contributed by atoms with E-state index < -0.39 is 0 Å². The van der Waals surface area contributed by atoms with Crippen LogP contribution in [0.3, 0.4) is 0 Å². The summed E-state index contributed by atoms with van der Waals surface area (Å²) in [4.78, 5) is 10.8. The van der Waals surface area contributed by atoms with Gasteiger partial charge in [-0.05, 0) is 6.42 Å². The summed E-state index contributed by atoms with van der Waals surface area (Å²) in [5.74, 6) is -0.0870. The molecule has 2 N–H and O–H groups in total. The van der Waals surface area contributed by atoms with Gasteiger partial charge in [0.1, 0.15) is 0 Å². The monoisotopic (exact) mass is 301 g/mol. The van der Waals surface area contributed by atoms with Crippen LogP contribution in [0.15, 0.2) is 0 Å². The van der Waals surface area contributed by atoms with Crippen molar-refractivity contribution in [3.63, 3.8) is 0 Å². The molecule has 1 amide bonds. The Morgan fingerprint density at radius 3 is 2.00 bits per heavy atom. The number of rotatable bonds is 15. The first-order chi connectivity index (χ1) is 10.2. The van der Waals surface area contributed by atoms with E-state index in [-0.39, 0.29) is 18.6 Å². The highest BCUT2D eigenvalue weighted by Gasteiger charge is 2.07. The molecule has 0 aliphatic carbocycles. The number of carbonyl (C=O) groups is 1. The Kier molecular flexibility index (Phi) is 15.3. The minimum atomic E-state index is -0.271. The summed E-state index contributed by atoms with van der Waals surface area (Å²) in [5.41, 5.74) is 0. The predicted molar refractivity (Wildman–Crippen MR) is 87.4 cm³/mol. The molecule has 0 rings (SSSR count). The number of hydrogen-bond donors (Lipinski definition) is 2. The number of ether oxygens (including phenoxy) is 1. The number of aliphatic hydroxyl groups excluding tert-OH is 1. The first kappa shape index (κ1) is 20.4. The lowest BCUT2D eigenvalue weighted by Gasteiger charge is -2.15. The van der Waals surface area contributed by atoms with E-state index in [9.17, 15) is 4.79 Å². The molecule has 0 aliphatic rings. The summed E-state index contributed by atoms with van der Waals surface area (Å²) in [5, 5.41) is 11.8. The van der Waals surface area contributed by atoms with Crippen molar-refractivity contribution in [1.29, 1.82) is 0 Å². The molecule has 0 aromatic carbocycles. The summed E-state index contributed by atoms with van der Waals surface area (Å²) in [6, 6.07) is 0. The Labute approximate surface area is 130 Å². The van der Waals surface area contributed by atoms with E-state index >= 15 is 0 Å². The van der Waals surface area contributed by atoms with Crippen LogP contribution in [0.4, 0.5) is 0 Å². The molecule has 0 aromatic heterocycles. The van der Waals surface area contributed by atoms with Crippen LogP contribution in [0, 0.1) is 0 Å². The van der Waals surface area contributed by atoms with Crippen molar-refractivity contribution in [2.75, 3.05) is 19.8 Å². The number of unbranched alkanes of at least 4 members (excludes halogenated alkanes) is 9. The van der Waals surface area contributed by atoms with Crippen LogP contribution in [-0.2, 0) is 9.53 Å². The molecule has 0 spiro atoms. The van der Waals surface area contributed by atoms with Crippen LogP contribution in [0.1, 0.15) is 78.1 Å². The molecule has 4 nitrogen and oxygen atoms in total. The fourth-order valence-corrected chi connectivity index (χ4v) is 2.27. The Morgan fingerprint density at radius 2 is 1.52 bits per heavy atom. The highest BCUT2D eigenvalue weighted by Crippen LogP contribution is 2.10. The highest BCUT2D eigenvalue weighted by molar-refractivity contribution is 5.72. The van der Waals surface area contributed by atoms with E-state index in [1.54, 1.807) is 0 Å². The minimum Gasteiger partial charge on any atom is -0.394 e. The Bertz CT molecular complexity index is 234. The van der Waals surface area contributed by atoms with Gasteiger partial charge in [-0.3, -0.25) is 4.79 Å². The zero-order valence-corrected chi connectivity index (χ0v) is 14.0. The van der Waals surface area contributed by atoms with E-state index in [1.165, 1.54) is 64.7 Å². The predicted octanol–water partition coefficient (Wildman–Crippen LogP) is 3.42. The van der Waals surface area contributed by atoms with Crippen molar-refractivity contribution in [3.05, 3.63) is 0 Å². The Hall–Kier alpha value is -0.610. The van der Waals surface area contributed by atoms with Crippen molar-refractivity contribution in [3.8, 4) is 0 Å². The van der Waals surface area contributed by atoms with Gasteiger partial charge in [-0.15, -0.1) is 0 Å². The maximum absolute atomic E-state index is 10.8. The van der Waals surface area contributed by atoms with E-state index in [0.717, 1.165) is 6.42 Å². The molecular formula is C17H35NO3.